The van der Waals surface area contributed by atoms with Gasteiger partial charge < -0.3 is 4.74 Å². The van der Waals surface area contributed by atoms with Gasteiger partial charge in [-0.3, -0.25) is 10.2 Å². The molecule has 2 aromatic carbocycles. The molecule has 0 aliphatic carbocycles. The van der Waals surface area contributed by atoms with Crippen LogP contribution in [0.15, 0.2) is 66.1 Å². The van der Waals surface area contributed by atoms with Gasteiger partial charge in [-0.2, -0.15) is 4.31 Å². The van der Waals surface area contributed by atoms with Gasteiger partial charge in [0.2, 0.25) is 10.0 Å². The standard InChI is InChI=1S/C23H27N3O4S/c1-18-11-12-26(31(28,29)22-10-6-5-9-20(18)22)21(17-19-7-3-2-4-8-19)23(27)24-25-13-15-30-16-14-25/h2-10,21H,1,11-17H2,(H,24,27)/t21-/m0/s1. The van der Waals surface area contributed by atoms with Gasteiger partial charge in [0.1, 0.15) is 6.04 Å². The zero-order valence-electron chi connectivity index (χ0n) is 17.4. The first kappa shape index (κ1) is 21.7. The summed E-state index contributed by atoms with van der Waals surface area (Å²) in [5.74, 6) is -0.334. The summed E-state index contributed by atoms with van der Waals surface area (Å²) in [6.45, 7) is 6.47. The van der Waals surface area contributed by atoms with Crippen molar-refractivity contribution in [3.8, 4) is 0 Å². The summed E-state index contributed by atoms with van der Waals surface area (Å²) in [5.41, 5.74) is 5.20. The van der Waals surface area contributed by atoms with Crippen LogP contribution in [0, 0.1) is 0 Å². The average Bonchev–Trinajstić information content (AvgIpc) is 2.88. The molecule has 1 N–H and O–H groups in total. The van der Waals surface area contributed by atoms with Crippen molar-refractivity contribution in [1.29, 1.82) is 0 Å². The van der Waals surface area contributed by atoms with E-state index >= 15 is 0 Å². The lowest BCUT2D eigenvalue weighted by molar-refractivity contribution is -0.131. The molecular formula is C23H27N3O4S. The highest BCUT2D eigenvalue weighted by atomic mass is 32.2. The molecule has 2 aromatic rings. The monoisotopic (exact) mass is 441 g/mol. The molecule has 0 spiro atoms. The Hall–Kier alpha value is -2.52. The minimum Gasteiger partial charge on any atom is -0.379 e. The van der Waals surface area contributed by atoms with Crippen molar-refractivity contribution >= 4 is 21.5 Å². The second kappa shape index (κ2) is 9.32. The van der Waals surface area contributed by atoms with Crippen LogP contribution in [0.2, 0.25) is 0 Å². The van der Waals surface area contributed by atoms with Crippen molar-refractivity contribution in [2.75, 3.05) is 32.8 Å². The minimum atomic E-state index is -3.89. The molecule has 0 saturated carbocycles. The minimum absolute atomic E-state index is 0.198. The largest absolute Gasteiger partial charge is 0.379 e. The van der Waals surface area contributed by atoms with Gasteiger partial charge in [0.25, 0.3) is 5.91 Å². The molecule has 1 saturated heterocycles. The van der Waals surface area contributed by atoms with Crippen LogP contribution in [0.4, 0.5) is 0 Å². The first-order chi connectivity index (χ1) is 15.0. The van der Waals surface area contributed by atoms with Crippen molar-refractivity contribution < 1.29 is 17.9 Å². The van der Waals surface area contributed by atoms with Gasteiger partial charge in [-0.05, 0) is 35.6 Å². The second-order valence-electron chi connectivity index (χ2n) is 7.75. The molecule has 2 heterocycles. The van der Waals surface area contributed by atoms with E-state index in [-0.39, 0.29) is 23.8 Å². The fraction of sp³-hybridized carbons (Fsp3) is 0.348. The van der Waals surface area contributed by atoms with Crippen LogP contribution in [-0.2, 0) is 26.0 Å². The Balaban J connectivity index is 1.69. The number of sulfonamides is 1. The third-order valence-corrected chi connectivity index (χ3v) is 7.66. The van der Waals surface area contributed by atoms with E-state index in [1.165, 1.54) is 4.31 Å². The van der Waals surface area contributed by atoms with Crippen LogP contribution in [0.3, 0.4) is 0 Å². The first-order valence-electron chi connectivity index (χ1n) is 10.4. The summed E-state index contributed by atoms with van der Waals surface area (Å²) < 4.78 is 34.0. The van der Waals surface area contributed by atoms with Crippen molar-refractivity contribution in [2.45, 2.75) is 23.8 Å². The van der Waals surface area contributed by atoms with Gasteiger partial charge in [-0.15, -0.1) is 0 Å². The Bertz CT molecular complexity index is 1050. The van der Waals surface area contributed by atoms with Crippen LogP contribution in [0.25, 0.3) is 5.57 Å². The number of benzene rings is 2. The SMILES string of the molecule is C=C1CCN([C@@H](Cc2ccccc2)C(=O)NN2CCOCC2)S(=O)(=O)c2ccccc21. The third-order valence-electron chi connectivity index (χ3n) is 5.69. The molecule has 1 atom stereocenters. The maximum atomic E-state index is 13.7. The smallest absolute Gasteiger partial charge is 0.253 e. The third kappa shape index (κ3) is 4.72. The highest BCUT2D eigenvalue weighted by Crippen LogP contribution is 2.33. The summed E-state index contributed by atoms with van der Waals surface area (Å²) in [4.78, 5) is 13.6. The molecule has 7 nitrogen and oxygen atoms in total. The van der Waals surface area contributed by atoms with Crippen LogP contribution in [0.1, 0.15) is 17.5 Å². The summed E-state index contributed by atoms with van der Waals surface area (Å²) in [5, 5.41) is 1.79. The number of hydrazine groups is 1. The van der Waals surface area contributed by atoms with E-state index in [2.05, 4.69) is 12.0 Å². The quantitative estimate of drug-likeness (QED) is 0.769. The van der Waals surface area contributed by atoms with E-state index in [1.807, 2.05) is 36.4 Å². The predicted molar refractivity (Wildman–Crippen MR) is 118 cm³/mol. The van der Waals surface area contributed by atoms with Gasteiger partial charge in [0.05, 0.1) is 18.1 Å². The number of rotatable bonds is 5. The Morgan fingerprint density at radius 1 is 1.03 bits per heavy atom. The highest BCUT2D eigenvalue weighted by Gasteiger charge is 2.39. The number of nitrogens with one attached hydrogen (secondary N) is 1. The molecule has 8 heteroatoms. The number of carbonyl (C=O) groups excluding carboxylic acids is 1. The molecule has 0 radical (unpaired) electrons. The molecule has 0 unspecified atom stereocenters. The Morgan fingerprint density at radius 3 is 2.45 bits per heavy atom. The zero-order valence-corrected chi connectivity index (χ0v) is 18.2. The topological polar surface area (TPSA) is 79.0 Å². The van der Waals surface area contributed by atoms with Crippen LogP contribution < -0.4 is 5.43 Å². The number of hydrogen-bond donors (Lipinski definition) is 1. The molecule has 2 aliphatic heterocycles. The Labute approximate surface area is 183 Å². The fourth-order valence-corrected chi connectivity index (χ4v) is 5.83. The van der Waals surface area contributed by atoms with E-state index in [0.717, 1.165) is 11.1 Å². The van der Waals surface area contributed by atoms with E-state index in [0.29, 0.717) is 38.3 Å². The molecule has 31 heavy (non-hydrogen) atoms. The maximum absolute atomic E-state index is 13.7. The van der Waals surface area contributed by atoms with Crippen LogP contribution >= 0.6 is 0 Å². The first-order valence-corrected chi connectivity index (χ1v) is 11.9. The summed E-state index contributed by atoms with van der Waals surface area (Å²) in [7, 11) is -3.89. The predicted octanol–water partition coefficient (Wildman–Crippen LogP) is 2.07. The molecule has 0 bridgehead atoms. The van der Waals surface area contributed by atoms with Crippen LogP contribution in [0.5, 0.6) is 0 Å². The molecule has 4 rings (SSSR count). The normalized spacial score (nSPS) is 20.5. The second-order valence-corrected chi connectivity index (χ2v) is 9.61. The van der Waals surface area contributed by atoms with Crippen molar-refractivity contribution in [2.24, 2.45) is 0 Å². The van der Waals surface area contributed by atoms with Crippen molar-refractivity contribution in [1.82, 2.24) is 14.7 Å². The van der Waals surface area contributed by atoms with Gasteiger partial charge in [0, 0.05) is 19.6 Å². The van der Waals surface area contributed by atoms with Gasteiger partial charge in [-0.25, -0.2) is 13.4 Å². The highest BCUT2D eigenvalue weighted by molar-refractivity contribution is 7.89. The lowest BCUT2D eigenvalue weighted by Gasteiger charge is -2.33. The van der Waals surface area contributed by atoms with E-state index in [1.54, 1.807) is 23.2 Å². The van der Waals surface area contributed by atoms with Gasteiger partial charge >= 0.3 is 0 Å². The van der Waals surface area contributed by atoms with Gasteiger partial charge in [-0.1, -0.05) is 55.1 Å². The molecule has 164 valence electrons. The van der Waals surface area contributed by atoms with Gasteiger partial charge in [0.15, 0.2) is 0 Å². The van der Waals surface area contributed by atoms with Crippen LogP contribution in [-0.4, -0.2) is 62.5 Å². The Morgan fingerprint density at radius 2 is 1.71 bits per heavy atom. The molecule has 0 aromatic heterocycles. The number of carbonyl (C=O) groups is 1. The summed E-state index contributed by atoms with van der Waals surface area (Å²) in [6.07, 6.45) is 0.747. The molecule has 2 aliphatic rings. The number of amides is 1. The number of morpholine rings is 1. The number of ether oxygens (including phenoxy) is 1. The fourth-order valence-electron chi connectivity index (χ4n) is 4.00. The lowest BCUT2D eigenvalue weighted by Crippen LogP contribution is -2.56. The van der Waals surface area contributed by atoms with Crippen molar-refractivity contribution in [3.05, 3.63) is 72.3 Å². The maximum Gasteiger partial charge on any atom is 0.253 e. The summed E-state index contributed by atoms with van der Waals surface area (Å²) >= 11 is 0. The lowest BCUT2D eigenvalue weighted by atomic mass is 10.0. The number of hydrogen-bond acceptors (Lipinski definition) is 5. The zero-order chi connectivity index (χ0) is 21.8. The van der Waals surface area contributed by atoms with E-state index in [4.69, 9.17) is 4.74 Å². The Kier molecular flexibility index (Phi) is 6.52. The van der Waals surface area contributed by atoms with E-state index < -0.39 is 16.1 Å². The number of fused-ring (bicyclic) bond motifs is 1. The summed E-state index contributed by atoms with van der Waals surface area (Å²) in [6, 6.07) is 15.5. The molecule has 1 amide bonds. The molecule has 1 fully saturated rings. The average molecular weight is 442 g/mol. The molecular weight excluding hydrogens is 414 g/mol. The van der Waals surface area contributed by atoms with E-state index in [9.17, 15) is 13.2 Å². The van der Waals surface area contributed by atoms with Crippen molar-refractivity contribution in [3.63, 3.8) is 0 Å². The number of nitrogens with zero attached hydrogens (tertiary/aromatic N) is 2.